The Labute approximate surface area is 145 Å². The molecule has 0 amide bonds. The molecule has 2 aromatic carbocycles. The van der Waals surface area contributed by atoms with Crippen LogP contribution in [-0.4, -0.2) is 8.42 Å². The summed E-state index contributed by atoms with van der Waals surface area (Å²) in [6.45, 7) is 8.72. The number of halogens is 3. The molecule has 2 rings (SSSR count). The minimum Gasteiger partial charge on any atom is -0.207 e. The van der Waals surface area contributed by atoms with Gasteiger partial charge in [0.05, 0.1) is 4.90 Å². The van der Waals surface area contributed by atoms with Crippen LogP contribution < -0.4 is 4.72 Å². The van der Waals surface area contributed by atoms with Crippen LogP contribution in [0, 0.1) is 52.1 Å². The van der Waals surface area contributed by atoms with Crippen LogP contribution in [0.1, 0.15) is 33.4 Å². The molecule has 2 aromatic rings. The lowest BCUT2D eigenvalue weighted by Crippen LogP contribution is -2.26. The molecular weight excluding hydrogens is 351 g/mol. The zero-order valence-electron chi connectivity index (χ0n) is 14.7. The second-order valence-electron chi connectivity index (χ2n) is 6.15. The van der Waals surface area contributed by atoms with Crippen LogP contribution in [-0.2, 0) is 16.6 Å². The molecule has 0 aromatic heterocycles. The first kappa shape index (κ1) is 19.5. The molecule has 0 heterocycles. The Morgan fingerprint density at radius 1 is 0.800 bits per heavy atom. The van der Waals surface area contributed by atoms with Crippen molar-refractivity contribution in [2.24, 2.45) is 0 Å². The minimum absolute atomic E-state index is 0.00385. The molecule has 0 atom stereocenters. The van der Waals surface area contributed by atoms with Crippen LogP contribution in [0.25, 0.3) is 0 Å². The van der Waals surface area contributed by atoms with Crippen molar-refractivity contribution < 1.29 is 21.6 Å². The summed E-state index contributed by atoms with van der Waals surface area (Å²) >= 11 is 0. The van der Waals surface area contributed by atoms with Crippen molar-refractivity contribution in [2.45, 2.75) is 46.1 Å². The van der Waals surface area contributed by atoms with E-state index in [1.807, 2.05) is 20.8 Å². The van der Waals surface area contributed by atoms with Gasteiger partial charge in [0.15, 0.2) is 17.5 Å². The third-order valence-electron chi connectivity index (χ3n) is 4.71. The number of sulfonamides is 1. The lowest BCUT2D eigenvalue weighted by molar-refractivity contribution is 0.445. The smallest absolute Gasteiger partial charge is 0.207 e. The number of nitrogens with one attached hydrogen (secondary N) is 1. The Morgan fingerprint density at radius 2 is 1.20 bits per heavy atom. The van der Waals surface area contributed by atoms with Crippen LogP contribution in [0.4, 0.5) is 13.2 Å². The molecule has 25 heavy (non-hydrogen) atoms. The Morgan fingerprint density at radius 3 is 1.64 bits per heavy atom. The van der Waals surface area contributed by atoms with Crippen LogP contribution in [0.2, 0.25) is 0 Å². The van der Waals surface area contributed by atoms with Gasteiger partial charge < -0.3 is 0 Å². The van der Waals surface area contributed by atoms with Crippen molar-refractivity contribution in [2.75, 3.05) is 0 Å². The molecule has 136 valence electrons. The molecule has 0 fully saturated rings. The molecule has 0 saturated carbocycles. The lowest BCUT2D eigenvalue weighted by atomic mass is 9.95. The first-order valence-electron chi connectivity index (χ1n) is 7.67. The summed E-state index contributed by atoms with van der Waals surface area (Å²) < 4.78 is 67.3. The summed E-state index contributed by atoms with van der Waals surface area (Å²) in [5.41, 5.74) is 4.03. The monoisotopic (exact) mass is 371 g/mol. The minimum atomic E-state index is -3.91. The van der Waals surface area contributed by atoms with Crippen molar-refractivity contribution in [3.05, 3.63) is 63.0 Å². The zero-order chi connectivity index (χ0) is 19.1. The third kappa shape index (κ3) is 3.57. The van der Waals surface area contributed by atoms with E-state index in [4.69, 9.17) is 0 Å². The van der Waals surface area contributed by atoms with E-state index in [1.54, 1.807) is 13.8 Å². The predicted molar refractivity (Wildman–Crippen MR) is 90.5 cm³/mol. The largest absolute Gasteiger partial charge is 0.241 e. The average Bonchev–Trinajstić information content (AvgIpc) is 2.54. The lowest BCUT2D eigenvalue weighted by Gasteiger charge is -2.19. The molecule has 1 N–H and O–H groups in total. The number of benzene rings is 2. The van der Waals surface area contributed by atoms with Gasteiger partial charge in [-0.25, -0.2) is 26.3 Å². The van der Waals surface area contributed by atoms with Gasteiger partial charge in [0, 0.05) is 6.54 Å². The van der Waals surface area contributed by atoms with Crippen LogP contribution >= 0.6 is 0 Å². The molecule has 0 aliphatic heterocycles. The average molecular weight is 371 g/mol. The first-order chi connectivity index (χ1) is 11.5. The van der Waals surface area contributed by atoms with Crippen molar-refractivity contribution in [3.63, 3.8) is 0 Å². The van der Waals surface area contributed by atoms with Gasteiger partial charge in [0.2, 0.25) is 10.0 Å². The number of rotatable bonds is 4. The van der Waals surface area contributed by atoms with Crippen molar-refractivity contribution in [1.82, 2.24) is 4.72 Å². The summed E-state index contributed by atoms with van der Waals surface area (Å²) in [4.78, 5) is 0.163. The molecule has 0 unspecified atom stereocenters. The Kier molecular flexibility index (Phi) is 5.30. The second kappa shape index (κ2) is 6.80. The topological polar surface area (TPSA) is 46.2 Å². The Bertz CT molecular complexity index is 901. The van der Waals surface area contributed by atoms with Gasteiger partial charge >= 0.3 is 0 Å². The fourth-order valence-electron chi connectivity index (χ4n) is 2.83. The Balaban J connectivity index is 2.42. The van der Waals surface area contributed by atoms with Gasteiger partial charge in [-0.3, -0.25) is 0 Å². The van der Waals surface area contributed by atoms with E-state index in [2.05, 4.69) is 4.72 Å². The van der Waals surface area contributed by atoms with E-state index in [9.17, 15) is 21.6 Å². The SMILES string of the molecule is Cc1c(C)c(C)c(S(=O)(=O)NCc2cc(F)c(F)c(F)c2)c(C)c1C. The highest BCUT2D eigenvalue weighted by molar-refractivity contribution is 7.89. The summed E-state index contributed by atoms with van der Waals surface area (Å²) in [5, 5.41) is 0. The van der Waals surface area contributed by atoms with Gasteiger partial charge in [0.1, 0.15) is 0 Å². The standard InChI is InChI=1S/C18H20F3NO2S/c1-9-10(2)12(4)18(13(5)11(9)3)25(23,24)22-8-14-6-15(19)17(21)16(20)7-14/h6-7,22H,8H2,1-5H3. The maximum absolute atomic E-state index is 13.3. The molecule has 0 radical (unpaired) electrons. The molecule has 0 bridgehead atoms. The van der Waals surface area contributed by atoms with Crippen LogP contribution in [0.3, 0.4) is 0 Å². The predicted octanol–water partition coefficient (Wildman–Crippen LogP) is 4.12. The van der Waals surface area contributed by atoms with E-state index < -0.39 is 27.5 Å². The summed E-state index contributed by atoms with van der Waals surface area (Å²) in [7, 11) is -3.91. The Hall–Kier alpha value is -1.86. The molecular formula is C18H20F3NO2S. The van der Waals surface area contributed by atoms with E-state index in [0.717, 1.165) is 28.8 Å². The number of hydrogen-bond acceptors (Lipinski definition) is 2. The fraction of sp³-hybridized carbons (Fsp3) is 0.333. The summed E-state index contributed by atoms with van der Waals surface area (Å²) in [5.74, 6) is -4.30. The zero-order valence-corrected chi connectivity index (χ0v) is 15.5. The maximum atomic E-state index is 13.3. The summed E-state index contributed by atoms with van der Waals surface area (Å²) in [6, 6.07) is 1.54. The highest BCUT2D eigenvalue weighted by Crippen LogP contribution is 2.29. The van der Waals surface area contributed by atoms with E-state index in [-0.39, 0.29) is 17.0 Å². The molecule has 7 heteroatoms. The highest BCUT2D eigenvalue weighted by Gasteiger charge is 2.23. The van der Waals surface area contributed by atoms with Crippen molar-refractivity contribution >= 4 is 10.0 Å². The number of hydrogen-bond donors (Lipinski definition) is 1. The van der Waals surface area contributed by atoms with Crippen molar-refractivity contribution in [3.8, 4) is 0 Å². The molecule has 0 saturated heterocycles. The van der Waals surface area contributed by atoms with Gasteiger partial charge in [-0.1, -0.05) is 0 Å². The highest BCUT2D eigenvalue weighted by atomic mass is 32.2. The van der Waals surface area contributed by atoms with Gasteiger partial charge in [-0.05, 0) is 80.1 Å². The summed E-state index contributed by atoms with van der Waals surface area (Å²) in [6.07, 6.45) is 0. The van der Waals surface area contributed by atoms with Crippen LogP contribution in [0.5, 0.6) is 0 Å². The molecule has 0 aliphatic rings. The quantitative estimate of drug-likeness (QED) is 0.822. The normalized spacial score (nSPS) is 11.8. The maximum Gasteiger partial charge on any atom is 0.241 e. The first-order valence-corrected chi connectivity index (χ1v) is 9.15. The van der Waals surface area contributed by atoms with E-state index >= 15 is 0 Å². The van der Waals surface area contributed by atoms with E-state index in [1.165, 1.54) is 0 Å². The van der Waals surface area contributed by atoms with Crippen molar-refractivity contribution in [1.29, 1.82) is 0 Å². The molecule has 0 spiro atoms. The third-order valence-corrected chi connectivity index (χ3v) is 6.38. The van der Waals surface area contributed by atoms with Gasteiger partial charge in [0.25, 0.3) is 0 Å². The van der Waals surface area contributed by atoms with Crippen LogP contribution in [0.15, 0.2) is 17.0 Å². The molecule has 3 nitrogen and oxygen atoms in total. The molecule has 0 aliphatic carbocycles. The van der Waals surface area contributed by atoms with Gasteiger partial charge in [-0.15, -0.1) is 0 Å². The fourth-order valence-corrected chi connectivity index (χ4v) is 4.44. The van der Waals surface area contributed by atoms with E-state index in [0.29, 0.717) is 11.1 Å². The second-order valence-corrected chi connectivity index (χ2v) is 7.86. The van der Waals surface area contributed by atoms with Gasteiger partial charge in [-0.2, -0.15) is 0 Å².